The van der Waals surface area contributed by atoms with Gasteiger partial charge in [0.1, 0.15) is 0 Å². The Hall–Kier alpha value is -0.180. The highest BCUT2D eigenvalue weighted by Crippen LogP contribution is 2.32. The maximum atomic E-state index is 12.9. The van der Waals surface area contributed by atoms with Crippen LogP contribution in [0, 0.1) is 11.8 Å². The van der Waals surface area contributed by atoms with Crippen molar-refractivity contribution in [3.8, 4) is 0 Å². The molecule has 0 amide bonds. The highest BCUT2D eigenvalue weighted by Gasteiger charge is 2.36. The van der Waals surface area contributed by atoms with Crippen LogP contribution in [-0.4, -0.2) is 30.0 Å². The highest BCUT2D eigenvalue weighted by atomic mass is 19.3. The Morgan fingerprint density at radius 1 is 1.13 bits per heavy atom. The monoisotopic (exact) mass is 219 g/mol. The summed E-state index contributed by atoms with van der Waals surface area (Å²) in [6.45, 7) is 9.11. The molecule has 0 N–H and O–H groups in total. The molecule has 0 aliphatic carbocycles. The third-order valence-electron chi connectivity index (χ3n) is 3.63. The number of rotatable bonds is 3. The number of likely N-dealkylation sites (tertiary alicyclic amines) is 1. The molecule has 1 heterocycles. The van der Waals surface area contributed by atoms with E-state index in [1.165, 1.54) is 0 Å². The normalized spacial score (nSPS) is 29.4. The third-order valence-corrected chi connectivity index (χ3v) is 3.63. The highest BCUT2D eigenvalue weighted by molar-refractivity contribution is 4.86. The van der Waals surface area contributed by atoms with E-state index in [2.05, 4.69) is 13.8 Å². The molecule has 0 radical (unpaired) electrons. The van der Waals surface area contributed by atoms with Crippen molar-refractivity contribution in [3.63, 3.8) is 0 Å². The van der Waals surface area contributed by atoms with Gasteiger partial charge in [-0.05, 0) is 45.1 Å². The van der Waals surface area contributed by atoms with Gasteiger partial charge in [0.15, 0.2) is 0 Å². The van der Waals surface area contributed by atoms with Gasteiger partial charge in [0.2, 0.25) is 0 Å². The van der Waals surface area contributed by atoms with Gasteiger partial charge in [0.05, 0.1) is 6.04 Å². The van der Waals surface area contributed by atoms with Gasteiger partial charge in [-0.1, -0.05) is 13.8 Å². The van der Waals surface area contributed by atoms with E-state index in [4.69, 9.17) is 0 Å². The second-order valence-electron chi connectivity index (χ2n) is 5.26. The standard InChI is InChI=1S/C12H23F2N/c1-8(2)10-5-6-15(9(3)4)11(7-10)12(13)14/h8-12H,5-7H2,1-4H3. The van der Waals surface area contributed by atoms with Gasteiger partial charge in [0, 0.05) is 6.04 Å². The Labute approximate surface area is 91.8 Å². The molecule has 1 fully saturated rings. The molecule has 1 rings (SSSR count). The molecule has 0 spiro atoms. The van der Waals surface area contributed by atoms with Crippen molar-refractivity contribution in [1.29, 1.82) is 0 Å². The molecule has 0 saturated carbocycles. The number of nitrogens with zero attached hydrogens (tertiary/aromatic N) is 1. The van der Waals surface area contributed by atoms with Crippen LogP contribution < -0.4 is 0 Å². The topological polar surface area (TPSA) is 3.24 Å². The number of hydrogen-bond donors (Lipinski definition) is 0. The van der Waals surface area contributed by atoms with Crippen LogP contribution in [0.3, 0.4) is 0 Å². The van der Waals surface area contributed by atoms with Crippen molar-refractivity contribution in [3.05, 3.63) is 0 Å². The maximum absolute atomic E-state index is 12.9. The number of hydrogen-bond acceptors (Lipinski definition) is 1. The van der Waals surface area contributed by atoms with Crippen LogP contribution in [0.2, 0.25) is 0 Å². The van der Waals surface area contributed by atoms with E-state index in [-0.39, 0.29) is 6.04 Å². The van der Waals surface area contributed by atoms with Gasteiger partial charge in [-0.3, -0.25) is 4.90 Å². The number of halogens is 2. The van der Waals surface area contributed by atoms with Crippen molar-refractivity contribution in [1.82, 2.24) is 4.90 Å². The lowest BCUT2D eigenvalue weighted by atomic mass is 9.82. The van der Waals surface area contributed by atoms with Gasteiger partial charge in [-0.15, -0.1) is 0 Å². The largest absolute Gasteiger partial charge is 0.293 e. The summed E-state index contributed by atoms with van der Waals surface area (Å²) in [6, 6.07) is -0.289. The van der Waals surface area contributed by atoms with E-state index in [0.717, 1.165) is 13.0 Å². The molecule has 15 heavy (non-hydrogen) atoms. The van der Waals surface area contributed by atoms with Crippen molar-refractivity contribution in [2.24, 2.45) is 11.8 Å². The first-order valence-corrected chi connectivity index (χ1v) is 5.97. The summed E-state index contributed by atoms with van der Waals surface area (Å²) >= 11 is 0. The Kier molecular flexibility index (Phi) is 4.50. The van der Waals surface area contributed by atoms with Crippen molar-refractivity contribution in [2.45, 2.75) is 59.0 Å². The first-order valence-electron chi connectivity index (χ1n) is 5.97. The fraction of sp³-hybridized carbons (Fsp3) is 1.00. The van der Waals surface area contributed by atoms with Gasteiger partial charge in [0.25, 0.3) is 6.43 Å². The number of piperidine rings is 1. The molecule has 0 aromatic heterocycles. The van der Waals surface area contributed by atoms with Crippen molar-refractivity contribution in [2.75, 3.05) is 6.54 Å². The van der Waals surface area contributed by atoms with Crippen molar-refractivity contribution >= 4 is 0 Å². The maximum Gasteiger partial charge on any atom is 0.253 e. The predicted molar refractivity (Wildman–Crippen MR) is 59.2 cm³/mol. The predicted octanol–water partition coefficient (Wildman–Crippen LogP) is 3.40. The summed E-state index contributed by atoms with van der Waals surface area (Å²) in [6.07, 6.45) is -0.471. The molecule has 3 heteroatoms. The fourth-order valence-corrected chi connectivity index (χ4v) is 2.54. The van der Waals surface area contributed by atoms with Crippen LogP contribution >= 0.6 is 0 Å². The Balaban J connectivity index is 2.65. The zero-order chi connectivity index (χ0) is 11.6. The van der Waals surface area contributed by atoms with E-state index >= 15 is 0 Å². The van der Waals surface area contributed by atoms with E-state index in [0.29, 0.717) is 18.3 Å². The minimum absolute atomic E-state index is 0.233. The average Bonchev–Trinajstić information content (AvgIpc) is 2.16. The molecule has 2 unspecified atom stereocenters. The summed E-state index contributed by atoms with van der Waals surface area (Å²) in [5.74, 6) is 1.000. The molecule has 1 aliphatic heterocycles. The zero-order valence-electron chi connectivity index (χ0n) is 10.2. The molecule has 1 nitrogen and oxygen atoms in total. The van der Waals surface area contributed by atoms with E-state index in [9.17, 15) is 8.78 Å². The molecule has 0 aromatic rings. The van der Waals surface area contributed by atoms with Crippen LogP contribution in [0.1, 0.15) is 40.5 Å². The molecule has 2 atom stereocenters. The first-order chi connectivity index (χ1) is 6.93. The lowest BCUT2D eigenvalue weighted by Crippen LogP contribution is -2.50. The van der Waals surface area contributed by atoms with Gasteiger partial charge in [-0.2, -0.15) is 0 Å². The van der Waals surface area contributed by atoms with Crippen LogP contribution in [0.5, 0.6) is 0 Å². The molecular formula is C12H23F2N. The third kappa shape index (κ3) is 3.13. The van der Waals surface area contributed by atoms with Gasteiger partial charge < -0.3 is 0 Å². The second kappa shape index (κ2) is 5.24. The zero-order valence-corrected chi connectivity index (χ0v) is 10.2. The minimum atomic E-state index is -2.20. The smallest absolute Gasteiger partial charge is 0.253 e. The quantitative estimate of drug-likeness (QED) is 0.703. The van der Waals surface area contributed by atoms with Crippen LogP contribution in [0.25, 0.3) is 0 Å². The van der Waals surface area contributed by atoms with Gasteiger partial charge >= 0.3 is 0 Å². The lowest BCUT2D eigenvalue weighted by molar-refractivity contribution is -0.0320. The summed E-state index contributed by atoms with van der Waals surface area (Å²) in [7, 11) is 0. The molecule has 0 bridgehead atoms. The first kappa shape index (κ1) is 12.9. The fourth-order valence-electron chi connectivity index (χ4n) is 2.54. The second-order valence-corrected chi connectivity index (χ2v) is 5.26. The summed E-state index contributed by atoms with van der Waals surface area (Å²) in [4.78, 5) is 1.96. The van der Waals surface area contributed by atoms with Crippen LogP contribution in [0.4, 0.5) is 8.78 Å². The summed E-state index contributed by atoms with van der Waals surface area (Å²) < 4.78 is 25.9. The minimum Gasteiger partial charge on any atom is -0.293 e. The molecule has 1 saturated heterocycles. The molecular weight excluding hydrogens is 196 g/mol. The Morgan fingerprint density at radius 3 is 2.13 bits per heavy atom. The Morgan fingerprint density at radius 2 is 1.73 bits per heavy atom. The average molecular weight is 219 g/mol. The SMILES string of the molecule is CC(C)C1CCN(C(C)C)C(C(F)F)C1. The van der Waals surface area contributed by atoms with E-state index in [1.54, 1.807) is 0 Å². The Bertz CT molecular complexity index is 192. The number of alkyl halides is 2. The van der Waals surface area contributed by atoms with Crippen LogP contribution in [-0.2, 0) is 0 Å². The van der Waals surface area contributed by atoms with Crippen molar-refractivity contribution < 1.29 is 8.78 Å². The molecule has 1 aliphatic rings. The van der Waals surface area contributed by atoms with Crippen LogP contribution in [0.15, 0.2) is 0 Å². The summed E-state index contributed by atoms with van der Waals surface area (Å²) in [5, 5.41) is 0. The summed E-state index contributed by atoms with van der Waals surface area (Å²) in [5.41, 5.74) is 0. The lowest BCUT2D eigenvalue weighted by Gasteiger charge is -2.42. The van der Waals surface area contributed by atoms with Gasteiger partial charge in [-0.25, -0.2) is 8.78 Å². The van der Waals surface area contributed by atoms with E-state index < -0.39 is 12.5 Å². The molecule has 90 valence electrons. The molecule has 0 aromatic carbocycles. The van der Waals surface area contributed by atoms with E-state index in [1.807, 2.05) is 18.7 Å².